The molecule has 6 heteroatoms. The Morgan fingerprint density at radius 3 is 2.84 bits per heavy atom. The lowest BCUT2D eigenvalue weighted by molar-refractivity contribution is 0.0936. The Morgan fingerprint density at radius 2 is 2.08 bits per heavy atom. The molecule has 1 unspecified atom stereocenters. The van der Waals surface area contributed by atoms with Crippen LogP contribution in [-0.2, 0) is 6.42 Å². The topological polar surface area (TPSA) is 67.8 Å². The number of carbonyl (C=O) groups is 1. The van der Waals surface area contributed by atoms with E-state index in [0.29, 0.717) is 4.88 Å². The van der Waals surface area contributed by atoms with Gasteiger partial charge >= 0.3 is 0 Å². The van der Waals surface area contributed by atoms with Gasteiger partial charge in [-0.25, -0.2) is 15.0 Å². The van der Waals surface area contributed by atoms with E-state index in [1.54, 1.807) is 5.51 Å². The lowest BCUT2D eigenvalue weighted by Gasteiger charge is -2.25. The SMILES string of the molecule is Cc1ncsc1C(=O)NC1CCCc2nc(-c3ccccc3)ncc21. The van der Waals surface area contributed by atoms with Gasteiger partial charge in [0.05, 0.1) is 17.2 Å². The molecule has 1 atom stereocenters. The Labute approximate surface area is 150 Å². The monoisotopic (exact) mass is 350 g/mol. The molecule has 0 spiro atoms. The zero-order valence-corrected chi connectivity index (χ0v) is 14.7. The van der Waals surface area contributed by atoms with Crippen LogP contribution in [0.2, 0.25) is 0 Å². The highest BCUT2D eigenvalue weighted by atomic mass is 32.1. The molecule has 126 valence electrons. The van der Waals surface area contributed by atoms with E-state index in [1.807, 2.05) is 43.5 Å². The Kier molecular flexibility index (Phi) is 4.28. The summed E-state index contributed by atoms with van der Waals surface area (Å²) in [6, 6.07) is 9.93. The normalized spacial score (nSPS) is 16.3. The number of aryl methyl sites for hydroxylation is 2. The Bertz CT molecular complexity index is 907. The maximum absolute atomic E-state index is 12.5. The minimum Gasteiger partial charge on any atom is -0.344 e. The quantitative estimate of drug-likeness (QED) is 0.782. The molecule has 0 radical (unpaired) electrons. The molecule has 0 fully saturated rings. The van der Waals surface area contributed by atoms with E-state index < -0.39 is 0 Å². The van der Waals surface area contributed by atoms with Crippen LogP contribution < -0.4 is 5.32 Å². The fourth-order valence-corrected chi connectivity index (χ4v) is 3.87. The van der Waals surface area contributed by atoms with Crippen molar-refractivity contribution in [3.05, 3.63) is 63.9 Å². The van der Waals surface area contributed by atoms with Crippen molar-refractivity contribution in [2.75, 3.05) is 0 Å². The van der Waals surface area contributed by atoms with Crippen LogP contribution in [-0.4, -0.2) is 20.9 Å². The van der Waals surface area contributed by atoms with Crippen LogP contribution in [0.25, 0.3) is 11.4 Å². The van der Waals surface area contributed by atoms with Crippen LogP contribution in [0.1, 0.15) is 45.5 Å². The number of nitrogens with zero attached hydrogens (tertiary/aromatic N) is 3. The number of rotatable bonds is 3. The van der Waals surface area contributed by atoms with Gasteiger partial charge in [-0.15, -0.1) is 11.3 Å². The number of thiazole rings is 1. The molecule has 2 aromatic heterocycles. The summed E-state index contributed by atoms with van der Waals surface area (Å²) >= 11 is 1.37. The van der Waals surface area contributed by atoms with Gasteiger partial charge in [-0.3, -0.25) is 4.79 Å². The zero-order valence-electron chi connectivity index (χ0n) is 13.9. The van der Waals surface area contributed by atoms with Crippen LogP contribution in [0.15, 0.2) is 42.0 Å². The minimum atomic E-state index is -0.0648. The van der Waals surface area contributed by atoms with E-state index in [1.165, 1.54) is 11.3 Å². The average Bonchev–Trinajstić information content (AvgIpc) is 3.08. The van der Waals surface area contributed by atoms with Gasteiger partial charge in [0.1, 0.15) is 4.88 Å². The third-order valence-electron chi connectivity index (χ3n) is 4.47. The number of hydrogen-bond acceptors (Lipinski definition) is 5. The van der Waals surface area contributed by atoms with Crippen molar-refractivity contribution in [1.29, 1.82) is 0 Å². The van der Waals surface area contributed by atoms with Crippen LogP contribution in [0, 0.1) is 6.92 Å². The first kappa shape index (κ1) is 15.9. The first-order chi connectivity index (χ1) is 12.2. The van der Waals surface area contributed by atoms with Crippen LogP contribution in [0.5, 0.6) is 0 Å². The number of amides is 1. The first-order valence-electron chi connectivity index (χ1n) is 8.34. The van der Waals surface area contributed by atoms with Gasteiger partial charge in [0, 0.05) is 23.0 Å². The molecular formula is C19H18N4OS. The maximum Gasteiger partial charge on any atom is 0.263 e. The molecule has 4 rings (SSSR count). The van der Waals surface area contributed by atoms with Crippen molar-refractivity contribution >= 4 is 17.2 Å². The molecule has 1 aliphatic carbocycles. The highest BCUT2D eigenvalue weighted by Gasteiger charge is 2.25. The molecule has 0 saturated heterocycles. The van der Waals surface area contributed by atoms with E-state index in [2.05, 4.69) is 15.3 Å². The molecule has 0 bridgehead atoms. The number of fused-ring (bicyclic) bond motifs is 1. The van der Waals surface area contributed by atoms with Gasteiger partial charge < -0.3 is 5.32 Å². The van der Waals surface area contributed by atoms with Crippen molar-refractivity contribution < 1.29 is 4.79 Å². The highest BCUT2D eigenvalue weighted by molar-refractivity contribution is 7.11. The van der Waals surface area contributed by atoms with Crippen LogP contribution >= 0.6 is 11.3 Å². The highest BCUT2D eigenvalue weighted by Crippen LogP contribution is 2.30. The van der Waals surface area contributed by atoms with Gasteiger partial charge in [-0.1, -0.05) is 30.3 Å². The van der Waals surface area contributed by atoms with Crippen molar-refractivity contribution in [2.24, 2.45) is 0 Å². The van der Waals surface area contributed by atoms with E-state index in [0.717, 1.165) is 47.6 Å². The largest absolute Gasteiger partial charge is 0.344 e. The Balaban J connectivity index is 1.60. The van der Waals surface area contributed by atoms with Gasteiger partial charge in [0.15, 0.2) is 5.82 Å². The summed E-state index contributed by atoms with van der Waals surface area (Å²) in [6.45, 7) is 1.86. The lowest BCUT2D eigenvalue weighted by Crippen LogP contribution is -2.31. The average molecular weight is 350 g/mol. The van der Waals surface area contributed by atoms with E-state index >= 15 is 0 Å². The molecule has 1 aromatic carbocycles. The van der Waals surface area contributed by atoms with Crippen LogP contribution in [0.3, 0.4) is 0 Å². The van der Waals surface area contributed by atoms with Gasteiger partial charge in [0.2, 0.25) is 0 Å². The number of aromatic nitrogens is 3. The Hall–Kier alpha value is -2.60. The number of carbonyl (C=O) groups excluding carboxylic acids is 1. The third-order valence-corrected chi connectivity index (χ3v) is 5.40. The maximum atomic E-state index is 12.5. The first-order valence-corrected chi connectivity index (χ1v) is 9.22. The van der Waals surface area contributed by atoms with Crippen molar-refractivity contribution in [3.8, 4) is 11.4 Å². The van der Waals surface area contributed by atoms with Crippen molar-refractivity contribution in [1.82, 2.24) is 20.3 Å². The van der Waals surface area contributed by atoms with Gasteiger partial charge in [-0.05, 0) is 26.2 Å². The fourth-order valence-electron chi connectivity index (χ4n) is 3.17. The summed E-state index contributed by atoms with van der Waals surface area (Å²) in [5.41, 5.74) is 5.55. The summed E-state index contributed by atoms with van der Waals surface area (Å²) in [4.78, 5) is 26.6. The molecule has 1 aliphatic rings. The summed E-state index contributed by atoms with van der Waals surface area (Å²) in [7, 11) is 0. The lowest BCUT2D eigenvalue weighted by atomic mass is 9.92. The molecule has 3 aromatic rings. The number of hydrogen-bond donors (Lipinski definition) is 1. The second kappa shape index (κ2) is 6.72. The van der Waals surface area contributed by atoms with Gasteiger partial charge in [0.25, 0.3) is 5.91 Å². The zero-order chi connectivity index (χ0) is 17.2. The molecule has 5 nitrogen and oxygen atoms in total. The van der Waals surface area contributed by atoms with Crippen molar-refractivity contribution in [3.63, 3.8) is 0 Å². The predicted octanol–water partition coefficient (Wildman–Crippen LogP) is 3.72. The summed E-state index contributed by atoms with van der Waals surface area (Å²) in [6.07, 6.45) is 4.70. The molecule has 25 heavy (non-hydrogen) atoms. The van der Waals surface area contributed by atoms with E-state index in [-0.39, 0.29) is 11.9 Å². The Morgan fingerprint density at radius 1 is 1.24 bits per heavy atom. The van der Waals surface area contributed by atoms with E-state index in [9.17, 15) is 4.79 Å². The predicted molar refractivity (Wildman–Crippen MR) is 97.5 cm³/mol. The fraction of sp³-hybridized carbons (Fsp3) is 0.263. The van der Waals surface area contributed by atoms with Gasteiger partial charge in [-0.2, -0.15) is 0 Å². The molecule has 1 amide bonds. The number of nitrogens with one attached hydrogen (secondary N) is 1. The van der Waals surface area contributed by atoms with Crippen molar-refractivity contribution in [2.45, 2.75) is 32.2 Å². The smallest absolute Gasteiger partial charge is 0.263 e. The van der Waals surface area contributed by atoms with Crippen LogP contribution in [0.4, 0.5) is 0 Å². The standard InChI is InChI=1S/C19H18N4OS/c1-12-17(25-11-21-12)19(24)23-16-9-5-8-15-14(16)10-20-18(22-15)13-6-3-2-4-7-13/h2-4,6-7,10-11,16H,5,8-9H2,1H3,(H,23,24). The summed E-state index contributed by atoms with van der Waals surface area (Å²) in [5, 5.41) is 3.13. The molecule has 1 N–H and O–H groups in total. The summed E-state index contributed by atoms with van der Waals surface area (Å²) < 4.78 is 0. The second-order valence-corrected chi connectivity index (χ2v) is 7.00. The third kappa shape index (κ3) is 3.17. The molecule has 0 aliphatic heterocycles. The minimum absolute atomic E-state index is 0.0393. The second-order valence-electron chi connectivity index (χ2n) is 6.15. The molecule has 2 heterocycles. The molecule has 0 saturated carbocycles. The number of benzene rings is 1. The van der Waals surface area contributed by atoms with E-state index in [4.69, 9.17) is 4.98 Å². The summed E-state index contributed by atoms with van der Waals surface area (Å²) in [5.74, 6) is 0.676. The molecular weight excluding hydrogens is 332 g/mol.